The average Bonchev–Trinajstić information content (AvgIpc) is 2.42. The van der Waals surface area contributed by atoms with Gasteiger partial charge < -0.3 is 9.47 Å². The van der Waals surface area contributed by atoms with Crippen molar-refractivity contribution in [3.05, 3.63) is 35.9 Å². The smallest absolute Gasteiger partial charge is 0.329 e. The second-order valence-electron chi connectivity index (χ2n) is 3.85. The highest BCUT2D eigenvalue weighted by atomic mass is 35.5. The Hall–Kier alpha value is -1.55. The number of rotatable bonds is 6. The van der Waals surface area contributed by atoms with Crippen LogP contribution >= 0.6 is 11.6 Å². The zero-order valence-corrected chi connectivity index (χ0v) is 11.8. The van der Waals surface area contributed by atoms with Gasteiger partial charge in [-0.3, -0.25) is 9.59 Å². The van der Waals surface area contributed by atoms with E-state index in [-0.39, 0.29) is 19.1 Å². The maximum atomic E-state index is 12.2. The van der Waals surface area contributed by atoms with Crippen molar-refractivity contribution in [3.63, 3.8) is 0 Å². The number of ether oxygens (including phenoxy) is 2. The monoisotopic (exact) mass is 284 g/mol. The maximum absolute atomic E-state index is 12.2. The third-order valence-corrected chi connectivity index (χ3v) is 3.12. The summed E-state index contributed by atoms with van der Waals surface area (Å²) >= 11 is 5.92. The van der Waals surface area contributed by atoms with Gasteiger partial charge in [-0.15, -0.1) is 11.6 Å². The van der Waals surface area contributed by atoms with Crippen LogP contribution in [0.1, 0.15) is 19.4 Å². The third-order valence-electron chi connectivity index (χ3n) is 2.71. The molecule has 0 aliphatic carbocycles. The fourth-order valence-electron chi connectivity index (χ4n) is 1.74. The van der Waals surface area contributed by atoms with E-state index < -0.39 is 17.4 Å². The molecular weight excluding hydrogens is 268 g/mol. The standard InChI is InChI=1S/C14H17ClO4/c1-3-18-12(16)14(10-15,13(17)19-4-2)11-8-6-5-7-9-11/h5-9H,3-4,10H2,1-2H3. The van der Waals surface area contributed by atoms with Gasteiger partial charge in [-0.05, 0) is 19.4 Å². The van der Waals surface area contributed by atoms with Crippen LogP contribution in [-0.2, 0) is 24.5 Å². The van der Waals surface area contributed by atoms with Crippen LogP contribution in [0.5, 0.6) is 0 Å². The molecule has 0 aliphatic rings. The van der Waals surface area contributed by atoms with Crippen molar-refractivity contribution in [2.75, 3.05) is 19.1 Å². The van der Waals surface area contributed by atoms with Gasteiger partial charge in [-0.25, -0.2) is 0 Å². The van der Waals surface area contributed by atoms with Crippen LogP contribution in [0.2, 0.25) is 0 Å². The van der Waals surface area contributed by atoms with Crippen LogP contribution in [0.3, 0.4) is 0 Å². The Labute approximate surface area is 117 Å². The molecule has 1 aromatic rings. The molecule has 4 nitrogen and oxygen atoms in total. The van der Waals surface area contributed by atoms with E-state index in [0.717, 1.165) is 0 Å². The van der Waals surface area contributed by atoms with E-state index in [9.17, 15) is 9.59 Å². The Morgan fingerprint density at radius 3 is 1.89 bits per heavy atom. The number of halogens is 1. The predicted octanol–water partition coefficient (Wildman–Crippen LogP) is 2.29. The molecule has 0 fully saturated rings. The SMILES string of the molecule is CCOC(=O)C(CCl)(C(=O)OCC)c1ccccc1. The van der Waals surface area contributed by atoms with Crippen molar-refractivity contribution < 1.29 is 19.1 Å². The van der Waals surface area contributed by atoms with Crippen LogP contribution in [0, 0.1) is 0 Å². The molecule has 0 spiro atoms. The Morgan fingerprint density at radius 2 is 1.53 bits per heavy atom. The molecule has 0 radical (unpaired) electrons. The number of carbonyl (C=O) groups is 2. The molecule has 0 unspecified atom stereocenters. The van der Waals surface area contributed by atoms with Gasteiger partial charge >= 0.3 is 11.9 Å². The third kappa shape index (κ3) is 3.07. The summed E-state index contributed by atoms with van der Waals surface area (Å²) in [5.74, 6) is -1.60. The van der Waals surface area contributed by atoms with Crippen molar-refractivity contribution in [1.29, 1.82) is 0 Å². The molecule has 0 atom stereocenters. The molecule has 0 saturated heterocycles. The predicted molar refractivity (Wildman–Crippen MR) is 72.1 cm³/mol. The molecule has 0 heterocycles. The summed E-state index contributed by atoms with van der Waals surface area (Å²) in [5.41, 5.74) is -1.13. The minimum Gasteiger partial charge on any atom is -0.465 e. The highest BCUT2D eigenvalue weighted by molar-refractivity contribution is 6.24. The lowest BCUT2D eigenvalue weighted by atomic mass is 9.82. The molecule has 104 valence electrons. The van der Waals surface area contributed by atoms with Crippen LogP contribution in [0.25, 0.3) is 0 Å². The quantitative estimate of drug-likeness (QED) is 0.457. The molecular formula is C14H17ClO4. The number of carbonyl (C=O) groups excluding carboxylic acids is 2. The molecule has 0 aliphatic heterocycles. The fourth-order valence-corrected chi connectivity index (χ4v) is 2.11. The summed E-state index contributed by atoms with van der Waals surface area (Å²) < 4.78 is 9.99. The van der Waals surface area contributed by atoms with E-state index in [2.05, 4.69) is 0 Å². The van der Waals surface area contributed by atoms with Gasteiger partial charge in [0.2, 0.25) is 5.41 Å². The highest BCUT2D eigenvalue weighted by Gasteiger charge is 2.50. The van der Waals surface area contributed by atoms with Crippen LogP contribution in [-0.4, -0.2) is 31.0 Å². The summed E-state index contributed by atoms with van der Waals surface area (Å²) in [6, 6.07) is 8.58. The second-order valence-corrected chi connectivity index (χ2v) is 4.11. The van der Waals surface area contributed by atoms with Crippen molar-refractivity contribution in [1.82, 2.24) is 0 Å². The molecule has 0 amide bonds. The molecule has 1 rings (SSSR count). The molecule has 0 aromatic heterocycles. The van der Waals surface area contributed by atoms with Crippen molar-refractivity contribution >= 4 is 23.5 Å². The lowest BCUT2D eigenvalue weighted by molar-refractivity contribution is -0.163. The zero-order valence-electron chi connectivity index (χ0n) is 11.0. The van der Waals surface area contributed by atoms with Crippen LogP contribution < -0.4 is 0 Å². The number of hydrogen-bond donors (Lipinski definition) is 0. The van der Waals surface area contributed by atoms with Gasteiger partial charge in [-0.1, -0.05) is 30.3 Å². The van der Waals surface area contributed by atoms with Crippen molar-refractivity contribution in [2.24, 2.45) is 0 Å². The molecule has 0 N–H and O–H groups in total. The van der Waals surface area contributed by atoms with Crippen molar-refractivity contribution in [3.8, 4) is 0 Å². The Kier molecular flexibility index (Phi) is 5.83. The van der Waals surface area contributed by atoms with E-state index >= 15 is 0 Å². The highest BCUT2D eigenvalue weighted by Crippen LogP contribution is 2.29. The molecule has 1 aromatic carbocycles. The van der Waals surface area contributed by atoms with Crippen molar-refractivity contribution in [2.45, 2.75) is 19.3 Å². The zero-order chi connectivity index (χ0) is 14.3. The van der Waals surface area contributed by atoms with E-state index in [4.69, 9.17) is 21.1 Å². The first-order chi connectivity index (χ1) is 9.13. The van der Waals surface area contributed by atoms with E-state index in [1.165, 1.54) is 0 Å². The number of esters is 2. The van der Waals surface area contributed by atoms with Gasteiger partial charge in [0.25, 0.3) is 0 Å². The Balaban J connectivity index is 3.29. The lowest BCUT2D eigenvalue weighted by Crippen LogP contribution is -2.48. The second kappa shape index (κ2) is 7.14. The van der Waals surface area contributed by atoms with Gasteiger partial charge in [-0.2, -0.15) is 0 Å². The van der Waals surface area contributed by atoms with Gasteiger partial charge in [0, 0.05) is 0 Å². The summed E-state index contributed by atoms with van der Waals surface area (Å²) in [7, 11) is 0. The van der Waals surface area contributed by atoms with E-state index in [0.29, 0.717) is 5.56 Å². The summed E-state index contributed by atoms with van der Waals surface area (Å²) in [6.45, 7) is 3.69. The van der Waals surface area contributed by atoms with Crippen LogP contribution in [0.15, 0.2) is 30.3 Å². The first-order valence-electron chi connectivity index (χ1n) is 6.09. The number of benzene rings is 1. The summed E-state index contributed by atoms with van der Waals surface area (Å²) in [5, 5.41) is 0. The maximum Gasteiger partial charge on any atom is 0.329 e. The fraction of sp³-hybridized carbons (Fsp3) is 0.429. The largest absolute Gasteiger partial charge is 0.465 e. The molecule has 0 saturated carbocycles. The van der Waals surface area contributed by atoms with E-state index in [1.54, 1.807) is 44.2 Å². The van der Waals surface area contributed by atoms with Gasteiger partial charge in [0.15, 0.2) is 0 Å². The Morgan fingerprint density at radius 1 is 1.05 bits per heavy atom. The number of alkyl halides is 1. The minimum atomic E-state index is -1.60. The lowest BCUT2D eigenvalue weighted by Gasteiger charge is -2.27. The molecule has 19 heavy (non-hydrogen) atoms. The minimum absolute atomic E-state index is 0.170. The summed E-state index contributed by atoms with van der Waals surface area (Å²) in [6.07, 6.45) is 0. The molecule has 0 bridgehead atoms. The van der Waals surface area contributed by atoms with Gasteiger partial charge in [0.1, 0.15) is 0 Å². The average molecular weight is 285 g/mol. The first kappa shape index (κ1) is 15.5. The normalized spacial score (nSPS) is 10.9. The first-order valence-corrected chi connectivity index (χ1v) is 6.62. The van der Waals surface area contributed by atoms with Crippen LogP contribution in [0.4, 0.5) is 0 Å². The van der Waals surface area contributed by atoms with Gasteiger partial charge in [0.05, 0.1) is 19.1 Å². The summed E-state index contributed by atoms with van der Waals surface area (Å²) in [4.78, 5) is 24.4. The van der Waals surface area contributed by atoms with E-state index in [1.807, 2.05) is 0 Å². The topological polar surface area (TPSA) is 52.6 Å². The Bertz CT molecular complexity index is 412. The number of hydrogen-bond acceptors (Lipinski definition) is 4. The molecule has 5 heteroatoms.